The van der Waals surface area contributed by atoms with Gasteiger partial charge in [0.05, 0.1) is 10.6 Å². The molecular formula is C22H29N3O3S. The molecule has 2 aromatic carbocycles. The Labute approximate surface area is 172 Å². The SMILES string of the molecule is C[C@@H](C(=O)NCCCN1CCCCCC1)N1c2cccc3cccc(c23)S1(=O)=O. The lowest BCUT2D eigenvalue weighted by atomic mass is 10.1. The number of hydrogen-bond donors (Lipinski definition) is 1. The van der Waals surface area contributed by atoms with Crippen LogP contribution in [0.1, 0.15) is 39.0 Å². The summed E-state index contributed by atoms with van der Waals surface area (Å²) in [4.78, 5) is 15.5. The van der Waals surface area contributed by atoms with Crippen LogP contribution in [0.15, 0.2) is 41.3 Å². The fourth-order valence-electron chi connectivity index (χ4n) is 4.47. The van der Waals surface area contributed by atoms with E-state index in [0.717, 1.165) is 31.4 Å². The van der Waals surface area contributed by atoms with Crippen molar-refractivity contribution in [2.45, 2.75) is 50.0 Å². The topological polar surface area (TPSA) is 69.7 Å². The summed E-state index contributed by atoms with van der Waals surface area (Å²) < 4.78 is 27.5. The molecule has 4 rings (SSSR count). The monoisotopic (exact) mass is 415 g/mol. The Hall–Kier alpha value is -2.12. The number of carbonyl (C=O) groups excluding carboxylic acids is 1. The molecule has 0 radical (unpaired) electrons. The van der Waals surface area contributed by atoms with Crippen LogP contribution in [-0.4, -0.2) is 51.4 Å². The molecule has 0 aromatic heterocycles. The van der Waals surface area contributed by atoms with E-state index in [1.807, 2.05) is 18.2 Å². The Morgan fingerprint density at radius 3 is 2.48 bits per heavy atom. The number of amides is 1. The van der Waals surface area contributed by atoms with Crippen LogP contribution in [0.5, 0.6) is 0 Å². The van der Waals surface area contributed by atoms with Crippen molar-refractivity contribution in [2.75, 3.05) is 30.5 Å². The third-order valence-corrected chi connectivity index (χ3v) is 7.93. The average Bonchev–Trinajstić information content (AvgIpc) is 2.88. The molecule has 0 aliphatic carbocycles. The predicted octanol–water partition coefficient (Wildman–Crippen LogP) is 3.12. The van der Waals surface area contributed by atoms with E-state index in [4.69, 9.17) is 0 Å². The third-order valence-electron chi connectivity index (χ3n) is 6.00. The van der Waals surface area contributed by atoms with Gasteiger partial charge in [-0.3, -0.25) is 9.10 Å². The number of hydrogen-bond acceptors (Lipinski definition) is 4. The molecule has 1 atom stereocenters. The summed E-state index contributed by atoms with van der Waals surface area (Å²) in [6.45, 7) is 5.47. The highest BCUT2D eigenvalue weighted by Crippen LogP contribution is 2.43. The van der Waals surface area contributed by atoms with Gasteiger partial charge in [0.2, 0.25) is 5.91 Å². The Kier molecular flexibility index (Phi) is 5.79. The summed E-state index contributed by atoms with van der Waals surface area (Å²) in [5, 5.41) is 4.52. The van der Waals surface area contributed by atoms with Crippen LogP contribution in [0.3, 0.4) is 0 Å². The fourth-order valence-corrected chi connectivity index (χ4v) is 6.33. The highest BCUT2D eigenvalue weighted by molar-refractivity contribution is 7.93. The molecule has 1 saturated heterocycles. The lowest BCUT2D eigenvalue weighted by molar-refractivity contribution is -0.121. The smallest absolute Gasteiger partial charge is 0.265 e. The van der Waals surface area contributed by atoms with E-state index >= 15 is 0 Å². The van der Waals surface area contributed by atoms with Crippen molar-refractivity contribution < 1.29 is 13.2 Å². The molecule has 6 nitrogen and oxygen atoms in total. The van der Waals surface area contributed by atoms with Gasteiger partial charge in [0.25, 0.3) is 10.0 Å². The third kappa shape index (κ3) is 3.85. The Bertz CT molecular complexity index is 992. The van der Waals surface area contributed by atoms with Crippen LogP contribution in [0.2, 0.25) is 0 Å². The molecule has 0 unspecified atom stereocenters. The number of anilines is 1. The average molecular weight is 416 g/mol. The van der Waals surface area contributed by atoms with Crippen molar-refractivity contribution in [3.05, 3.63) is 36.4 Å². The van der Waals surface area contributed by atoms with Gasteiger partial charge in [-0.25, -0.2) is 8.42 Å². The van der Waals surface area contributed by atoms with E-state index in [9.17, 15) is 13.2 Å². The van der Waals surface area contributed by atoms with Crippen molar-refractivity contribution in [2.24, 2.45) is 0 Å². The molecule has 2 heterocycles. The van der Waals surface area contributed by atoms with Gasteiger partial charge in [-0.1, -0.05) is 37.1 Å². The van der Waals surface area contributed by atoms with Gasteiger partial charge in [0, 0.05) is 11.9 Å². The zero-order valence-electron chi connectivity index (χ0n) is 16.9. The Morgan fingerprint density at radius 2 is 1.76 bits per heavy atom. The molecule has 2 aromatic rings. The van der Waals surface area contributed by atoms with Crippen molar-refractivity contribution >= 4 is 32.4 Å². The minimum Gasteiger partial charge on any atom is -0.354 e. The lowest BCUT2D eigenvalue weighted by Crippen LogP contribution is -2.47. The van der Waals surface area contributed by atoms with E-state index in [1.54, 1.807) is 25.1 Å². The standard InChI is InChI=1S/C22H29N3O3S/c1-17(22(26)23-13-8-16-24-14-4-2-3-5-15-24)25-19-11-6-9-18-10-7-12-20(21(18)19)29(25,27)28/h6-7,9-12,17H,2-5,8,13-16H2,1H3,(H,23,26)/t17-/m0/s1. The highest BCUT2D eigenvalue weighted by Gasteiger charge is 2.40. The first kappa shape index (κ1) is 20.2. The zero-order chi connectivity index (χ0) is 20.4. The van der Waals surface area contributed by atoms with Gasteiger partial charge in [-0.05, 0) is 63.3 Å². The summed E-state index contributed by atoms with van der Waals surface area (Å²) in [5.41, 5.74) is 0.588. The van der Waals surface area contributed by atoms with Gasteiger partial charge in [-0.15, -0.1) is 0 Å². The number of nitrogens with one attached hydrogen (secondary N) is 1. The Balaban J connectivity index is 1.41. The van der Waals surface area contributed by atoms with Crippen molar-refractivity contribution in [3.63, 3.8) is 0 Å². The number of carbonyl (C=O) groups is 1. The molecule has 1 amide bonds. The van der Waals surface area contributed by atoms with E-state index in [1.165, 1.54) is 30.0 Å². The molecule has 0 saturated carbocycles. The van der Waals surface area contributed by atoms with E-state index in [2.05, 4.69) is 10.2 Å². The number of rotatable bonds is 6. The number of sulfonamides is 1. The van der Waals surface area contributed by atoms with Crippen molar-refractivity contribution in [3.8, 4) is 0 Å². The van der Waals surface area contributed by atoms with Crippen molar-refractivity contribution in [1.82, 2.24) is 10.2 Å². The minimum absolute atomic E-state index is 0.255. The van der Waals surface area contributed by atoms with Crippen LogP contribution < -0.4 is 9.62 Å². The van der Waals surface area contributed by atoms with E-state index in [0.29, 0.717) is 17.6 Å². The molecule has 0 spiro atoms. The number of likely N-dealkylation sites (tertiary alicyclic amines) is 1. The highest BCUT2D eigenvalue weighted by atomic mass is 32.2. The first-order valence-corrected chi connectivity index (χ1v) is 12.0. The molecule has 2 aliphatic heterocycles. The molecule has 29 heavy (non-hydrogen) atoms. The summed E-state index contributed by atoms with van der Waals surface area (Å²) >= 11 is 0. The molecule has 1 N–H and O–H groups in total. The molecule has 156 valence electrons. The van der Waals surface area contributed by atoms with Gasteiger partial charge in [0.1, 0.15) is 6.04 Å². The van der Waals surface area contributed by atoms with Crippen LogP contribution in [0, 0.1) is 0 Å². The maximum atomic E-state index is 13.1. The van der Waals surface area contributed by atoms with Gasteiger partial charge in [-0.2, -0.15) is 0 Å². The summed E-state index contributed by atoms with van der Waals surface area (Å²) in [5.74, 6) is -0.255. The maximum absolute atomic E-state index is 13.1. The minimum atomic E-state index is -3.73. The first-order chi connectivity index (χ1) is 14.0. The zero-order valence-corrected chi connectivity index (χ0v) is 17.7. The first-order valence-electron chi connectivity index (χ1n) is 10.6. The largest absolute Gasteiger partial charge is 0.354 e. The van der Waals surface area contributed by atoms with E-state index in [-0.39, 0.29) is 10.8 Å². The summed E-state index contributed by atoms with van der Waals surface area (Å²) in [6, 6.07) is 9.98. The van der Waals surface area contributed by atoms with Crippen LogP contribution in [0.4, 0.5) is 5.69 Å². The van der Waals surface area contributed by atoms with Gasteiger partial charge in [0.15, 0.2) is 0 Å². The summed E-state index contributed by atoms with van der Waals surface area (Å²) in [6.07, 6.45) is 6.00. The molecule has 7 heteroatoms. The Morgan fingerprint density at radius 1 is 1.07 bits per heavy atom. The second-order valence-electron chi connectivity index (χ2n) is 8.01. The maximum Gasteiger partial charge on any atom is 0.265 e. The summed E-state index contributed by atoms with van der Waals surface area (Å²) in [7, 11) is -3.73. The normalized spacial score (nSPS) is 19.8. The molecule has 2 aliphatic rings. The quantitative estimate of drug-likeness (QED) is 0.736. The fraction of sp³-hybridized carbons (Fsp3) is 0.500. The lowest BCUT2D eigenvalue weighted by Gasteiger charge is -2.25. The second kappa shape index (κ2) is 8.32. The van der Waals surface area contributed by atoms with Gasteiger partial charge < -0.3 is 10.2 Å². The van der Waals surface area contributed by atoms with E-state index < -0.39 is 16.1 Å². The van der Waals surface area contributed by atoms with Gasteiger partial charge >= 0.3 is 0 Å². The molecule has 0 bridgehead atoms. The second-order valence-corrected chi connectivity index (χ2v) is 9.79. The van der Waals surface area contributed by atoms with Crippen LogP contribution in [0.25, 0.3) is 10.8 Å². The van der Waals surface area contributed by atoms with Crippen LogP contribution >= 0.6 is 0 Å². The number of benzene rings is 2. The molecular weight excluding hydrogens is 386 g/mol. The van der Waals surface area contributed by atoms with Crippen LogP contribution in [-0.2, 0) is 14.8 Å². The van der Waals surface area contributed by atoms with Crippen molar-refractivity contribution in [1.29, 1.82) is 0 Å². The predicted molar refractivity (Wildman–Crippen MR) is 116 cm³/mol. The molecule has 1 fully saturated rings. The number of nitrogens with zero attached hydrogens (tertiary/aromatic N) is 2.